The Morgan fingerprint density at radius 1 is 1.20 bits per heavy atom. The van der Waals surface area contributed by atoms with E-state index in [-0.39, 0.29) is 5.82 Å². The number of aryl methyl sites for hydroxylation is 1. The van der Waals surface area contributed by atoms with Crippen molar-refractivity contribution in [3.8, 4) is 0 Å². The molecule has 2 heteroatoms. The molecule has 2 rings (SSSR count). The van der Waals surface area contributed by atoms with Gasteiger partial charge >= 0.3 is 0 Å². The van der Waals surface area contributed by atoms with Gasteiger partial charge in [-0.2, -0.15) is 0 Å². The van der Waals surface area contributed by atoms with E-state index in [0.29, 0.717) is 0 Å². The summed E-state index contributed by atoms with van der Waals surface area (Å²) in [6, 6.07) is 10.6. The molecular weight excluding hydrogens is 189 g/mol. The molecule has 15 heavy (non-hydrogen) atoms. The number of pyridine rings is 1. The number of halogens is 1. The van der Waals surface area contributed by atoms with Gasteiger partial charge < -0.3 is 0 Å². The molecule has 0 aliphatic rings. The Morgan fingerprint density at radius 3 is 2.80 bits per heavy atom. The molecule has 1 heterocycles. The van der Waals surface area contributed by atoms with Crippen LogP contribution in [0, 0.1) is 12.7 Å². The summed E-state index contributed by atoms with van der Waals surface area (Å²) in [4.78, 5) is 4.20. The van der Waals surface area contributed by atoms with Gasteiger partial charge in [-0.1, -0.05) is 18.2 Å². The van der Waals surface area contributed by atoms with Crippen molar-refractivity contribution in [2.24, 2.45) is 0 Å². The van der Waals surface area contributed by atoms with Crippen LogP contribution in [-0.2, 0) is 6.42 Å². The molecule has 0 atom stereocenters. The molecule has 0 saturated heterocycles. The average molecular weight is 201 g/mol. The predicted molar refractivity (Wildman–Crippen MR) is 58.2 cm³/mol. The van der Waals surface area contributed by atoms with E-state index in [0.717, 1.165) is 23.2 Å². The van der Waals surface area contributed by atoms with E-state index in [1.165, 1.54) is 6.07 Å². The van der Waals surface area contributed by atoms with Crippen molar-refractivity contribution >= 4 is 0 Å². The third kappa shape index (κ3) is 2.40. The van der Waals surface area contributed by atoms with E-state index in [1.54, 1.807) is 18.3 Å². The minimum Gasteiger partial charge on any atom is -0.261 e. The Bertz CT molecular complexity index is 466. The highest BCUT2D eigenvalue weighted by molar-refractivity contribution is 5.28. The second kappa shape index (κ2) is 4.22. The van der Waals surface area contributed by atoms with Crippen LogP contribution in [-0.4, -0.2) is 4.98 Å². The Hall–Kier alpha value is -1.70. The van der Waals surface area contributed by atoms with Crippen LogP contribution < -0.4 is 0 Å². The minimum atomic E-state index is -0.186. The minimum absolute atomic E-state index is 0.186. The van der Waals surface area contributed by atoms with Gasteiger partial charge in [-0.25, -0.2) is 4.39 Å². The Balaban J connectivity index is 2.26. The molecule has 2 aromatic rings. The highest BCUT2D eigenvalue weighted by atomic mass is 19.1. The van der Waals surface area contributed by atoms with Crippen molar-refractivity contribution < 1.29 is 4.39 Å². The number of rotatable bonds is 2. The molecule has 0 N–H and O–H groups in total. The van der Waals surface area contributed by atoms with Crippen LogP contribution >= 0.6 is 0 Å². The molecule has 0 radical (unpaired) electrons. The van der Waals surface area contributed by atoms with E-state index >= 15 is 0 Å². The highest BCUT2D eigenvalue weighted by Gasteiger charge is 2.00. The molecule has 0 saturated carbocycles. The van der Waals surface area contributed by atoms with Crippen LogP contribution in [0.5, 0.6) is 0 Å². The lowest BCUT2D eigenvalue weighted by Gasteiger charge is -2.04. The van der Waals surface area contributed by atoms with Gasteiger partial charge in [0.25, 0.3) is 0 Å². The lowest BCUT2D eigenvalue weighted by molar-refractivity contribution is 0.626. The molecule has 1 aromatic carbocycles. The first-order chi connectivity index (χ1) is 7.25. The first-order valence-electron chi connectivity index (χ1n) is 4.90. The normalized spacial score (nSPS) is 10.3. The van der Waals surface area contributed by atoms with E-state index in [2.05, 4.69) is 4.98 Å². The number of benzene rings is 1. The van der Waals surface area contributed by atoms with E-state index in [4.69, 9.17) is 0 Å². The standard InChI is InChI=1S/C13H12FN/c1-10-12(5-3-7-15-10)8-11-4-2-6-13(14)9-11/h2-7,9H,8H2,1H3. The molecule has 0 fully saturated rings. The quantitative estimate of drug-likeness (QED) is 0.727. The Kier molecular flexibility index (Phi) is 2.77. The number of hydrogen-bond donors (Lipinski definition) is 0. The molecule has 0 bridgehead atoms. The number of hydrogen-bond acceptors (Lipinski definition) is 1. The van der Waals surface area contributed by atoms with Gasteiger partial charge in [0.05, 0.1) is 0 Å². The summed E-state index contributed by atoms with van der Waals surface area (Å²) in [7, 11) is 0. The first kappa shape index (κ1) is 9.84. The molecule has 0 spiro atoms. The monoisotopic (exact) mass is 201 g/mol. The molecule has 1 nitrogen and oxygen atoms in total. The van der Waals surface area contributed by atoms with Gasteiger partial charge in [-0.05, 0) is 42.7 Å². The van der Waals surface area contributed by atoms with E-state index in [9.17, 15) is 4.39 Å². The SMILES string of the molecule is Cc1ncccc1Cc1cccc(F)c1. The second-order valence-corrected chi connectivity index (χ2v) is 3.55. The maximum absolute atomic E-state index is 13.0. The fraction of sp³-hybridized carbons (Fsp3) is 0.154. The fourth-order valence-corrected chi connectivity index (χ4v) is 1.57. The maximum Gasteiger partial charge on any atom is 0.123 e. The van der Waals surface area contributed by atoms with Crippen LogP contribution in [0.4, 0.5) is 4.39 Å². The van der Waals surface area contributed by atoms with Crippen LogP contribution in [0.25, 0.3) is 0 Å². The largest absolute Gasteiger partial charge is 0.261 e. The summed E-state index contributed by atoms with van der Waals surface area (Å²) >= 11 is 0. The zero-order chi connectivity index (χ0) is 10.7. The molecular formula is C13H12FN. The molecule has 76 valence electrons. The summed E-state index contributed by atoms with van der Waals surface area (Å²) in [6.07, 6.45) is 2.50. The van der Waals surface area contributed by atoms with Crippen LogP contribution in [0.2, 0.25) is 0 Å². The van der Waals surface area contributed by atoms with Crippen LogP contribution in [0.1, 0.15) is 16.8 Å². The van der Waals surface area contributed by atoms with Crippen molar-refractivity contribution in [3.63, 3.8) is 0 Å². The molecule has 0 aliphatic carbocycles. The maximum atomic E-state index is 13.0. The lowest BCUT2D eigenvalue weighted by Crippen LogP contribution is -1.94. The smallest absolute Gasteiger partial charge is 0.123 e. The van der Waals surface area contributed by atoms with Gasteiger partial charge in [-0.3, -0.25) is 4.98 Å². The number of nitrogens with zero attached hydrogens (tertiary/aromatic N) is 1. The summed E-state index contributed by atoms with van der Waals surface area (Å²) < 4.78 is 13.0. The van der Waals surface area contributed by atoms with E-state index < -0.39 is 0 Å². The predicted octanol–water partition coefficient (Wildman–Crippen LogP) is 3.12. The van der Waals surface area contributed by atoms with Gasteiger partial charge in [0.1, 0.15) is 5.82 Å². The third-order valence-corrected chi connectivity index (χ3v) is 2.40. The third-order valence-electron chi connectivity index (χ3n) is 2.40. The van der Waals surface area contributed by atoms with Crippen molar-refractivity contribution in [1.29, 1.82) is 0 Å². The van der Waals surface area contributed by atoms with Crippen molar-refractivity contribution in [2.45, 2.75) is 13.3 Å². The number of aromatic nitrogens is 1. The average Bonchev–Trinajstić information content (AvgIpc) is 2.22. The topological polar surface area (TPSA) is 12.9 Å². The molecule has 0 unspecified atom stereocenters. The van der Waals surface area contributed by atoms with Crippen molar-refractivity contribution in [3.05, 3.63) is 65.2 Å². The lowest BCUT2D eigenvalue weighted by atomic mass is 10.0. The fourth-order valence-electron chi connectivity index (χ4n) is 1.57. The van der Waals surface area contributed by atoms with Crippen LogP contribution in [0.3, 0.4) is 0 Å². The summed E-state index contributed by atoms with van der Waals surface area (Å²) in [5.41, 5.74) is 3.12. The molecule has 0 amide bonds. The van der Waals surface area contributed by atoms with Gasteiger partial charge in [0, 0.05) is 11.9 Å². The van der Waals surface area contributed by atoms with Crippen molar-refractivity contribution in [2.75, 3.05) is 0 Å². The van der Waals surface area contributed by atoms with E-state index in [1.807, 2.05) is 25.1 Å². The van der Waals surface area contributed by atoms with Gasteiger partial charge in [-0.15, -0.1) is 0 Å². The Labute approximate surface area is 88.6 Å². The second-order valence-electron chi connectivity index (χ2n) is 3.55. The summed E-state index contributed by atoms with van der Waals surface area (Å²) in [5.74, 6) is -0.186. The Morgan fingerprint density at radius 2 is 2.07 bits per heavy atom. The molecule has 0 aliphatic heterocycles. The summed E-state index contributed by atoms with van der Waals surface area (Å²) in [6.45, 7) is 1.97. The summed E-state index contributed by atoms with van der Waals surface area (Å²) in [5, 5.41) is 0. The zero-order valence-electron chi connectivity index (χ0n) is 8.57. The van der Waals surface area contributed by atoms with Gasteiger partial charge in [0.2, 0.25) is 0 Å². The zero-order valence-corrected chi connectivity index (χ0v) is 8.57. The first-order valence-corrected chi connectivity index (χ1v) is 4.90. The molecule has 1 aromatic heterocycles. The highest BCUT2D eigenvalue weighted by Crippen LogP contribution is 2.12. The van der Waals surface area contributed by atoms with Crippen LogP contribution in [0.15, 0.2) is 42.6 Å². The van der Waals surface area contributed by atoms with Gasteiger partial charge in [0.15, 0.2) is 0 Å². The van der Waals surface area contributed by atoms with Crippen molar-refractivity contribution in [1.82, 2.24) is 4.98 Å².